The number of alkyl halides is 9. The van der Waals surface area contributed by atoms with Crippen molar-refractivity contribution in [3.05, 3.63) is 101 Å². The number of morpholine rings is 1. The molecule has 0 saturated carbocycles. The summed E-state index contributed by atoms with van der Waals surface area (Å²) < 4.78 is 129. The lowest BCUT2D eigenvalue weighted by Crippen LogP contribution is -2.36. The molecule has 0 aliphatic carbocycles. The number of para-hydroxylation sites is 1. The summed E-state index contributed by atoms with van der Waals surface area (Å²) in [6.45, 7) is 0.795. The van der Waals surface area contributed by atoms with Crippen LogP contribution in [0.3, 0.4) is 0 Å². The van der Waals surface area contributed by atoms with E-state index in [2.05, 4.69) is 9.97 Å². The van der Waals surface area contributed by atoms with Crippen LogP contribution >= 0.6 is 0 Å². The molecular formula is C31H25F9N4O2. The van der Waals surface area contributed by atoms with Gasteiger partial charge >= 0.3 is 18.5 Å². The Kier molecular flexibility index (Phi) is 9.07. The number of hydrogen-bond acceptors (Lipinski definition) is 6. The van der Waals surface area contributed by atoms with Crippen LogP contribution < -0.4 is 9.80 Å². The molecule has 0 unspecified atom stereocenters. The highest BCUT2D eigenvalue weighted by Gasteiger charge is 2.37. The van der Waals surface area contributed by atoms with Crippen molar-refractivity contribution in [2.24, 2.45) is 0 Å². The first-order valence-electron chi connectivity index (χ1n) is 13.8. The number of nitrogens with zero attached hydrogens (tertiary/aromatic N) is 4. The second kappa shape index (κ2) is 12.7. The first-order chi connectivity index (χ1) is 21.6. The zero-order valence-corrected chi connectivity index (χ0v) is 23.7. The molecule has 46 heavy (non-hydrogen) atoms. The summed E-state index contributed by atoms with van der Waals surface area (Å²) in [6.07, 6.45) is -12.2. The summed E-state index contributed by atoms with van der Waals surface area (Å²) in [5.41, 5.74) is -3.73. The Hall–Kier alpha value is -4.53. The number of anilines is 2. The zero-order chi connectivity index (χ0) is 33.3. The Bertz CT molecular complexity index is 1630. The van der Waals surface area contributed by atoms with Gasteiger partial charge in [0.25, 0.3) is 0 Å². The molecule has 0 atom stereocenters. The lowest BCUT2D eigenvalue weighted by Gasteiger charge is -2.29. The molecule has 0 bridgehead atoms. The van der Waals surface area contributed by atoms with Crippen LogP contribution in [0, 0.1) is 0 Å². The quantitative estimate of drug-likeness (QED) is 0.204. The van der Waals surface area contributed by atoms with E-state index in [9.17, 15) is 44.6 Å². The van der Waals surface area contributed by atoms with Gasteiger partial charge in [0, 0.05) is 31.7 Å². The van der Waals surface area contributed by atoms with E-state index in [4.69, 9.17) is 4.74 Å². The van der Waals surface area contributed by atoms with E-state index in [0.29, 0.717) is 44.1 Å². The molecule has 1 fully saturated rings. The minimum absolute atomic E-state index is 0.00937. The van der Waals surface area contributed by atoms with Gasteiger partial charge in [-0.15, -0.1) is 0 Å². The molecule has 0 amide bonds. The molecule has 5 rings (SSSR count). The van der Waals surface area contributed by atoms with Gasteiger partial charge in [-0.25, -0.2) is 9.97 Å². The Balaban J connectivity index is 1.62. The maximum absolute atomic E-state index is 13.8. The van der Waals surface area contributed by atoms with Gasteiger partial charge in [0.15, 0.2) is 0 Å². The first kappa shape index (κ1) is 32.9. The SMILES string of the molecule is Oc1ccccc1-c1ccc(C(F)(F)F)cc1CN(Cc1cc(C(F)(F)F)cc(C(F)(F)F)c1)c1ncc(N2CCOCC2)cn1. The zero-order valence-electron chi connectivity index (χ0n) is 23.7. The van der Waals surface area contributed by atoms with E-state index in [1.54, 1.807) is 6.07 Å². The normalized spacial score (nSPS) is 14.4. The van der Waals surface area contributed by atoms with Gasteiger partial charge in [0.05, 0.1) is 48.0 Å². The van der Waals surface area contributed by atoms with Crippen molar-refractivity contribution >= 4 is 11.6 Å². The maximum Gasteiger partial charge on any atom is 0.416 e. The van der Waals surface area contributed by atoms with Crippen LogP contribution in [-0.4, -0.2) is 41.4 Å². The minimum atomic E-state index is -5.11. The molecule has 244 valence electrons. The van der Waals surface area contributed by atoms with Crippen LogP contribution in [0.2, 0.25) is 0 Å². The number of aromatic hydroxyl groups is 1. The Morgan fingerprint density at radius 3 is 1.85 bits per heavy atom. The second-order valence-electron chi connectivity index (χ2n) is 10.5. The van der Waals surface area contributed by atoms with Crippen LogP contribution in [0.1, 0.15) is 27.8 Å². The molecule has 1 aliphatic rings. The molecule has 2 heterocycles. The molecule has 1 N–H and O–H groups in total. The van der Waals surface area contributed by atoms with Crippen LogP contribution in [0.5, 0.6) is 5.75 Å². The molecule has 1 aliphatic heterocycles. The third kappa shape index (κ3) is 7.63. The topological polar surface area (TPSA) is 61.7 Å². The van der Waals surface area contributed by atoms with Crippen molar-refractivity contribution < 1.29 is 49.4 Å². The van der Waals surface area contributed by atoms with Gasteiger partial charge in [-0.1, -0.05) is 24.3 Å². The van der Waals surface area contributed by atoms with Crippen molar-refractivity contribution in [1.82, 2.24) is 9.97 Å². The van der Waals surface area contributed by atoms with Gasteiger partial charge in [0.1, 0.15) is 5.75 Å². The first-order valence-corrected chi connectivity index (χ1v) is 13.8. The highest BCUT2D eigenvalue weighted by atomic mass is 19.4. The molecular weight excluding hydrogens is 631 g/mol. The molecule has 4 aromatic rings. The third-order valence-corrected chi connectivity index (χ3v) is 7.29. The number of hydrogen-bond donors (Lipinski definition) is 1. The number of aromatic nitrogens is 2. The Morgan fingerprint density at radius 1 is 0.696 bits per heavy atom. The third-order valence-electron chi connectivity index (χ3n) is 7.29. The van der Waals surface area contributed by atoms with E-state index in [0.717, 1.165) is 18.2 Å². The Morgan fingerprint density at radius 2 is 1.28 bits per heavy atom. The largest absolute Gasteiger partial charge is 0.507 e. The van der Waals surface area contributed by atoms with Crippen LogP contribution in [0.4, 0.5) is 51.1 Å². The van der Waals surface area contributed by atoms with E-state index in [1.165, 1.54) is 35.5 Å². The van der Waals surface area contributed by atoms with Gasteiger partial charge < -0.3 is 19.6 Å². The smallest absolute Gasteiger partial charge is 0.416 e. The van der Waals surface area contributed by atoms with Gasteiger partial charge in [0.2, 0.25) is 5.95 Å². The molecule has 15 heteroatoms. The standard InChI is InChI=1S/C31H25F9N4O2/c32-29(33,34)21-5-6-25(26-3-1-2-4-27(26)45)20(13-21)18-44(28-41-15-24(16-42-28)43-7-9-46-10-8-43)17-19-11-22(30(35,36)37)14-23(12-19)31(38,39)40/h1-6,11-16,45H,7-10,17-18H2. The number of ether oxygens (including phenoxy) is 1. The van der Waals surface area contributed by atoms with Gasteiger partial charge in [-0.05, 0) is 53.1 Å². The molecule has 1 saturated heterocycles. The number of phenolic OH excluding ortho intramolecular Hbond substituents is 1. The number of halogens is 9. The van der Waals surface area contributed by atoms with Crippen LogP contribution in [-0.2, 0) is 36.4 Å². The summed E-state index contributed by atoms with van der Waals surface area (Å²) in [4.78, 5) is 11.7. The lowest BCUT2D eigenvalue weighted by atomic mass is 9.96. The van der Waals surface area contributed by atoms with E-state index < -0.39 is 53.9 Å². The summed E-state index contributed by atoms with van der Waals surface area (Å²) in [5, 5.41) is 10.5. The summed E-state index contributed by atoms with van der Waals surface area (Å²) in [5.74, 6) is -0.419. The summed E-state index contributed by atoms with van der Waals surface area (Å²) in [6, 6.07) is 9.67. The fourth-order valence-electron chi connectivity index (χ4n) is 5.06. The molecule has 3 aromatic carbocycles. The number of rotatable bonds is 7. The monoisotopic (exact) mass is 656 g/mol. The average molecular weight is 657 g/mol. The van der Waals surface area contributed by atoms with Crippen molar-refractivity contribution in [1.29, 1.82) is 0 Å². The molecule has 6 nitrogen and oxygen atoms in total. The van der Waals surface area contributed by atoms with Gasteiger partial charge in [-0.3, -0.25) is 0 Å². The predicted molar refractivity (Wildman–Crippen MR) is 150 cm³/mol. The van der Waals surface area contributed by atoms with Crippen molar-refractivity contribution in [3.63, 3.8) is 0 Å². The highest BCUT2D eigenvalue weighted by molar-refractivity contribution is 5.74. The van der Waals surface area contributed by atoms with Crippen LogP contribution in [0.25, 0.3) is 11.1 Å². The van der Waals surface area contributed by atoms with Crippen molar-refractivity contribution in [2.45, 2.75) is 31.6 Å². The number of benzene rings is 3. The highest BCUT2D eigenvalue weighted by Crippen LogP contribution is 2.39. The second-order valence-corrected chi connectivity index (χ2v) is 10.5. The minimum Gasteiger partial charge on any atom is -0.507 e. The molecule has 0 spiro atoms. The van der Waals surface area contributed by atoms with Gasteiger partial charge in [-0.2, -0.15) is 39.5 Å². The van der Waals surface area contributed by atoms with E-state index in [1.807, 2.05) is 4.90 Å². The fraction of sp³-hybridized carbons (Fsp3) is 0.290. The number of phenols is 1. The summed E-state index contributed by atoms with van der Waals surface area (Å²) in [7, 11) is 0. The van der Waals surface area contributed by atoms with E-state index >= 15 is 0 Å². The maximum atomic E-state index is 13.8. The van der Waals surface area contributed by atoms with E-state index in [-0.39, 0.29) is 34.5 Å². The Labute approximate surface area is 256 Å². The summed E-state index contributed by atoms with van der Waals surface area (Å²) >= 11 is 0. The molecule has 0 radical (unpaired) electrons. The van der Waals surface area contributed by atoms with Crippen molar-refractivity contribution in [2.75, 3.05) is 36.1 Å². The fourth-order valence-corrected chi connectivity index (χ4v) is 5.06. The lowest BCUT2D eigenvalue weighted by molar-refractivity contribution is -0.143. The predicted octanol–water partition coefficient (Wildman–Crippen LogP) is 7.95. The molecule has 1 aromatic heterocycles. The average Bonchev–Trinajstić information content (AvgIpc) is 3.00. The van der Waals surface area contributed by atoms with Crippen molar-refractivity contribution in [3.8, 4) is 16.9 Å². The van der Waals surface area contributed by atoms with Crippen LogP contribution in [0.15, 0.2) is 73.1 Å².